The maximum absolute atomic E-state index is 12.3. The molecule has 0 fully saturated rings. The van der Waals surface area contributed by atoms with Gasteiger partial charge in [0.05, 0.1) is 12.0 Å². The van der Waals surface area contributed by atoms with E-state index in [9.17, 15) is 4.79 Å². The predicted octanol–water partition coefficient (Wildman–Crippen LogP) is 5.79. The van der Waals surface area contributed by atoms with Crippen molar-refractivity contribution in [2.75, 3.05) is 5.75 Å². The fraction of sp³-hybridized carbons (Fsp3) is 0.0833. The van der Waals surface area contributed by atoms with Crippen LogP contribution in [0.15, 0.2) is 83.1 Å². The Bertz CT molecular complexity index is 1270. The predicted molar refractivity (Wildman–Crippen MR) is 134 cm³/mol. The molecule has 0 radical (unpaired) electrons. The molecule has 1 aromatic heterocycles. The van der Waals surface area contributed by atoms with Gasteiger partial charge in [0.2, 0.25) is 0 Å². The van der Waals surface area contributed by atoms with E-state index in [4.69, 9.17) is 23.2 Å². The Morgan fingerprint density at radius 3 is 2.27 bits per heavy atom. The van der Waals surface area contributed by atoms with Gasteiger partial charge in [-0.2, -0.15) is 5.10 Å². The number of nitrogens with zero attached hydrogens (tertiary/aromatic N) is 4. The third kappa shape index (κ3) is 6.01. The highest BCUT2D eigenvalue weighted by molar-refractivity contribution is 7.99. The van der Waals surface area contributed by atoms with Crippen molar-refractivity contribution in [3.05, 3.63) is 94.0 Å². The van der Waals surface area contributed by atoms with E-state index in [1.165, 1.54) is 11.8 Å². The number of benzene rings is 3. The van der Waals surface area contributed by atoms with E-state index in [0.717, 1.165) is 22.4 Å². The molecule has 1 amide bonds. The number of halogens is 2. The van der Waals surface area contributed by atoms with Crippen LogP contribution in [0.1, 0.15) is 11.1 Å². The number of carbonyl (C=O) groups is 1. The number of rotatable bonds is 7. The lowest BCUT2D eigenvalue weighted by atomic mass is 10.1. The van der Waals surface area contributed by atoms with Gasteiger partial charge in [0, 0.05) is 21.3 Å². The minimum absolute atomic E-state index is 0.123. The van der Waals surface area contributed by atoms with Crippen molar-refractivity contribution in [3.63, 3.8) is 0 Å². The molecule has 6 nitrogen and oxygen atoms in total. The van der Waals surface area contributed by atoms with Gasteiger partial charge in [-0.25, -0.2) is 5.43 Å². The average molecular weight is 496 g/mol. The maximum Gasteiger partial charge on any atom is 0.250 e. The molecule has 0 unspecified atom stereocenters. The van der Waals surface area contributed by atoms with Crippen LogP contribution < -0.4 is 5.43 Å². The highest BCUT2D eigenvalue weighted by atomic mass is 35.5. The molecule has 0 bridgehead atoms. The molecule has 166 valence electrons. The maximum atomic E-state index is 12.3. The Balaban J connectivity index is 1.51. The van der Waals surface area contributed by atoms with Crippen LogP contribution in [0.2, 0.25) is 10.0 Å². The lowest BCUT2D eigenvalue weighted by Gasteiger charge is -2.10. The lowest BCUT2D eigenvalue weighted by molar-refractivity contribution is -0.118. The number of thioether (sulfide) groups is 1. The second-order valence-corrected chi connectivity index (χ2v) is 8.93. The first-order valence-corrected chi connectivity index (χ1v) is 11.7. The van der Waals surface area contributed by atoms with Crippen molar-refractivity contribution in [1.82, 2.24) is 20.2 Å². The molecule has 4 aromatic rings. The highest BCUT2D eigenvalue weighted by Gasteiger charge is 2.17. The number of hydrogen-bond donors (Lipinski definition) is 1. The van der Waals surface area contributed by atoms with E-state index in [0.29, 0.717) is 21.0 Å². The largest absolute Gasteiger partial charge is 0.272 e. The molecule has 9 heteroatoms. The first-order valence-electron chi connectivity index (χ1n) is 9.98. The number of amides is 1. The molecule has 33 heavy (non-hydrogen) atoms. The van der Waals surface area contributed by atoms with Gasteiger partial charge in [-0.3, -0.25) is 9.36 Å². The second kappa shape index (κ2) is 10.7. The molecule has 0 aliphatic heterocycles. The molecule has 4 rings (SSSR count). The molecule has 0 atom stereocenters. The zero-order valence-corrected chi connectivity index (χ0v) is 19.9. The SMILES string of the molecule is Cc1ccc(-c2nnc(SCC(=O)N/N=C/c3ccc(Cl)cc3)n2-c2ccc(Cl)cc2)cc1. The summed E-state index contributed by atoms with van der Waals surface area (Å²) < 4.78 is 1.91. The fourth-order valence-corrected chi connectivity index (χ4v) is 3.96. The summed E-state index contributed by atoms with van der Waals surface area (Å²) in [4.78, 5) is 12.3. The fourth-order valence-electron chi connectivity index (χ4n) is 2.97. The molecule has 0 aliphatic rings. The van der Waals surface area contributed by atoms with Gasteiger partial charge in [0.15, 0.2) is 11.0 Å². The Kier molecular flexibility index (Phi) is 7.44. The van der Waals surface area contributed by atoms with Gasteiger partial charge in [0.25, 0.3) is 5.91 Å². The van der Waals surface area contributed by atoms with Crippen molar-refractivity contribution in [1.29, 1.82) is 0 Å². The van der Waals surface area contributed by atoms with Crippen molar-refractivity contribution >= 4 is 47.1 Å². The first-order chi connectivity index (χ1) is 16.0. The van der Waals surface area contributed by atoms with Gasteiger partial charge in [-0.15, -0.1) is 10.2 Å². The summed E-state index contributed by atoms with van der Waals surface area (Å²) in [5.41, 5.74) is 6.29. The van der Waals surface area contributed by atoms with Crippen LogP contribution in [0.4, 0.5) is 0 Å². The summed E-state index contributed by atoms with van der Waals surface area (Å²) in [6.45, 7) is 2.03. The summed E-state index contributed by atoms with van der Waals surface area (Å²) >= 11 is 13.2. The molecule has 1 N–H and O–H groups in total. The molecular formula is C24H19Cl2N5OS. The molecule has 0 saturated carbocycles. The minimum atomic E-state index is -0.257. The Morgan fingerprint density at radius 1 is 0.970 bits per heavy atom. The summed E-state index contributed by atoms with van der Waals surface area (Å²) in [5, 5.41) is 14.6. The standard InChI is InChI=1S/C24H19Cl2N5OS/c1-16-2-6-18(7-3-16)23-29-30-24(31(23)21-12-10-20(26)11-13-21)33-15-22(32)28-27-14-17-4-8-19(25)9-5-17/h2-14H,15H2,1H3,(H,28,32)/b27-14+. The third-order valence-electron chi connectivity index (χ3n) is 4.63. The average Bonchev–Trinajstić information content (AvgIpc) is 3.24. The van der Waals surface area contributed by atoms with E-state index >= 15 is 0 Å². The quantitative estimate of drug-likeness (QED) is 0.200. The monoisotopic (exact) mass is 495 g/mol. The van der Waals surface area contributed by atoms with Crippen molar-refractivity contribution < 1.29 is 4.79 Å². The number of hydrogen-bond acceptors (Lipinski definition) is 5. The Labute approximate surface area is 205 Å². The third-order valence-corrected chi connectivity index (χ3v) is 6.07. The number of aryl methyl sites for hydroxylation is 1. The summed E-state index contributed by atoms with van der Waals surface area (Å²) in [6.07, 6.45) is 1.56. The van der Waals surface area contributed by atoms with Gasteiger partial charge < -0.3 is 0 Å². The zero-order valence-electron chi connectivity index (χ0n) is 17.6. The molecule has 3 aromatic carbocycles. The van der Waals surface area contributed by atoms with E-state index in [1.807, 2.05) is 72.2 Å². The van der Waals surface area contributed by atoms with Gasteiger partial charge in [-0.05, 0) is 48.9 Å². The molecule has 0 spiro atoms. The summed E-state index contributed by atoms with van der Waals surface area (Å²) in [7, 11) is 0. The van der Waals surface area contributed by atoms with Crippen LogP contribution in [0, 0.1) is 6.92 Å². The Morgan fingerprint density at radius 2 is 1.61 bits per heavy atom. The first kappa shape index (κ1) is 23.0. The summed E-state index contributed by atoms with van der Waals surface area (Å²) in [6, 6.07) is 22.6. The smallest absolute Gasteiger partial charge is 0.250 e. The van der Waals surface area contributed by atoms with Crippen LogP contribution in [0.3, 0.4) is 0 Å². The zero-order chi connectivity index (χ0) is 23.2. The second-order valence-electron chi connectivity index (χ2n) is 7.12. The number of carbonyl (C=O) groups excluding carboxylic acids is 1. The van der Waals surface area contributed by atoms with Crippen molar-refractivity contribution in [2.45, 2.75) is 12.1 Å². The summed E-state index contributed by atoms with van der Waals surface area (Å²) in [5.74, 6) is 0.547. The van der Waals surface area contributed by atoms with Crippen LogP contribution in [0.5, 0.6) is 0 Å². The van der Waals surface area contributed by atoms with Crippen molar-refractivity contribution in [2.24, 2.45) is 5.10 Å². The molecular weight excluding hydrogens is 477 g/mol. The van der Waals surface area contributed by atoms with E-state index in [-0.39, 0.29) is 11.7 Å². The van der Waals surface area contributed by atoms with Crippen LogP contribution in [0.25, 0.3) is 17.1 Å². The van der Waals surface area contributed by atoms with Crippen LogP contribution in [-0.4, -0.2) is 32.6 Å². The molecule has 0 saturated heterocycles. The van der Waals surface area contributed by atoms with E-state index < -0.39 is 0 Å². The van der Waals surface area contributed by atoms with E-state index in [1.54, 1.807) is 18.3 Å². The van der Waals surface area contributed by atoms with Crippen LogP contribution >= 0.6 is 35.0 Å². The molecule has 0 aliphatic carbocycles. The molecule has 1 heterocycles. The highest BCUT2D eigenvalue weighted by Crippen LogP contribution is 2.28. The van der Waals surface area contributed by atoms with E-state index in [2.05, 4.69) is 20.7 Å². The minimum Gasteiger partial charge on any atom is -0.272 e. The van der Waals surface area contributed by atoms with Crippen LogP contribution in [-0.2, 0) is 4.79 Å². The number of nitrogens with one attached hydrogen (secondary N) is 1. The Hall–Kier alpha value is -3.13. The van der Waals surface area contributed by atoms with Crippen molar-refractivity contribution in [3.8, 4) is 17.1 Å². The van der Waals surface area contributed by atoms with Gasteiger partial charge >= 0.3 is 0 Å². The lowest BCUT2D eigenvalue weighted by Crippen LogP contribution is -2.20. The number of aromatic nitrogens is 3. The van der Waals surface area contributed by atoms with Gasteiger partial charge in [-0.1, -0.05) is 76.9 Å². The number of hydrazone groups is 1. The van der Waals surface area contributed by atoms with Gasteiger partial charge in [0.1, 0.15) is 0 Å². The topological polar surface area (TPSA) is 72.2 Å². The normalized spacial score (nSPS) is 11.1.